The molecule has 116 valence electrons. The molecule has 0 fully saturated rings. The van der Waals surface area contributed by atoms with E-state index in [2.05, 4.69) is 50.3 Å². The summed E-state index contributed by atoms with van der Waals surface area (Å²) in [4.78, 5) is 0. The van der Waals surface area contributed by atoms with E-state index >= 15 is 0 Å². The molecule has 2 atom stereocenters. The minimum absolute atomic E-state index is 0.429. The predicted molar refractivity (Wildman–Crippen MR) is 91.0 cm³/mol. The Labute approximate surface area is 130 Å². The van der Waals surface area contributed by atoms with Crippen LogP contribution < -0.4 is 0 Å². The third kappa shape index (κ3) is 4.62. The summed E-state index contributed by atoms with van der Waals surface area (Å²) in [7, 11) is 0. The van der Waals surface area contributed by atoms with Gasteiger partial charge in [0.1, 0.15) is 5.76 Å². The molecule has 1 heteroatoms. The Kier molecular flexibility index (Phi) is 6.85. The lowest BCUT2D eigenvalue weighted by atomic mass is 9.77. The molecule has 0 amide bonds. The Bertz CT molecular complexity index is 425. The van der Waals surface area contributed by atoms with Crippen LogP contribution in [0.25, 0.3) is 0 Å². The maximum absolute atomic E-state index is 6.02. The lowest BCUT2D eigenvalue weighted by molar-refractivity contribution is 0.173. The first kappa shape index (κ1) is 16.1. The van der Waals surface area contributed by atoms with E-state index in [9.17, 15) is 0 Å². The van der Waals surface area contributed by atoms with Gasteiger partial charge in [0.2, 0.25) is 0 Å². The highest BCUT2D eigenvalue weighted by Crippen LogP contribution is 2.38. The molecule has 0 N–H and O–H groups in total. The van der Waals surface area contributed by atoms with Crippen molar-refractivity contribution in [2.75, 3.05) is 6.61 Å². The van der Waals surface area contributed by atoms with E-state index in [1.54, 1.807) is 5.57 Å². The fourth-order valence-corrected chi connectivity index (χ4v) is 3.13. The van der Waals surface area contributed by atoms with Crippen LogP contribution in [0.15, 0.2) is 47.8 Å². The molecule has 2 rings (SSSR count). The molecule has 0 aromatic heterocycles. The van der Waals surface area contributed by atoms with Crippen LogP contribution in [0.2, 0.25) is 0 Å². The van der Waals surface area contributed by atoms with Gasteiger partial charge in [-0.1, -0.05) is 75.5 Å². The second-order valence-corrected chi connectivity index (χ2v) is 6.14. The van der Waals surface area contributed by atoms with Crippen molar-refractivity contribution in [3.05, 3.63) is 47.8 Å². The third-order valence-electron chi connectivity index (χ3n) is 4.44. The zero-order valence-corrected chi connectivity index (χ0v) is 13.7. The van der Waals surface area contributed by atoms with Crippen molar-refractivity contribution in [2.45, 2.75) is 58.8 Å². The molecule has 21 heavy (non-hydrogen) atoms. The molecule has 0 radical (unpaired) electrons. The van der Waals surface area contributed by atoms with Crippen LogP contribution in [0.4, 0.5) is 0 Å². The summed E-state index contributed by atoms with van der Waals surface area (Å²) in [6, 6.07) is 0. The number of rotatable bonds is 9. The number of hydrogen-bond acceptors (Lipinski definition) is 1. The van der Waals surface area contributed by atoms with Crippen LogP contribution >= 0.6 is 0 Å². The number of unbranched alkanes of at least 4 members (excludes halogenated alkanes) is 4. The zero-order chi connectivity index (χ0) is 14.9. The Balaban J connectivity index is 1.97. The predicted octanol–water partition coefficient (Wildman–Crippen LogP) is 5.96. The Morgan fingerprint density at radius 3 is 2.38 bits per heavy atom. The summed E-state index contributed by atoms with van der Waals surface area (Å²) in [6.45, 7) is 5.33. The van der Waals surface area contributed by atoms with Crippen molar-refractivity contribution in [1.29, 1.82) is 0 Å². The quantitative estimate of drug-likeness (QED) is 0.475. The van der Waals surface area contributed by atoms with Gasteiger partial charge in [0.15, 0.2) is 0 Å². The maximum atomic E-state index is 6.02. The van der Waals surface area contributed by atoms with Gasteiger partial charge in [0.25, 0.3) is 0 Å². The maximum Gasteiger partial charge on any atom is 0.104 e. The van der Waals surface area contributed by atoms with Crippen LogP contribution in [-0.4, -0.2) is 6.61 Å². The second-order valence-electron chi connectivity index (χ2n) is 6.14. The first-order valence-electron chi connectivity index (χ1n) is 8.75. The van der Waals surface area contributed by atoms with E-state index in [1.165, 1.54) is 38.5 Å². The van der Waals surface area contributed by atoms with Crippen molar-refractivity contribution in [3.63, 3.8) is 0 Å². The van der Waals surface area contributed by atoms with Gasteiger partial charge < -0.3 is 4.74 Å². The van der Waals surface area contributed by atoms with Gasteiger partial charge in [0.05, 0.1) is 6.61 Å². The van der Waals surface area contributed by atoms with Gasteiger partial charge in [0, 0.05) is 11.8 Å². The fraction of sp³-hybridized carbons (Fsp3) is 0.600. The molecule has 0 heterocycles. The lowest BCUT2D eigenvalue weighted by Crippen LogP contribution is -2.22. The molecule has 1 nitrogen and oxygen atoms in total. The molecule has 0 aromatic rings. The highest BCUT2D eigenvalue weighted by Gasteiger charge is 2.28. The van der Waals surface area contributed by atoms with Gasteiger partial charge >= 0.3 is 0 Å². The molecule has 0 aromatic carbocycles. The smallest absolute Gasteiger partial charge is 0.104 e. The summed E-state index contributed by atoms with van der Waals surface area (Å²) >= 11 is 0. The van der Waals surface area contributed by atoms with Gasteiger partial charge in [-0.15, -0.1) is 0 Å². The Morgan fingerprint density at radius 1 is 0.857 bits per heavy atom. The molecule has 2 unspecified atom stereocenters. The van der Waals surface area contributed by atoms with E-state index in [4.69, 9.17) is 4.74 Å². The Morgan fingerprint density at radius 2 is 1.62 bits per heavy atom. The average molecular weight is 286 g/mol. The van der Waals surface area contributed by atoms with Crippen molar-refractivity contribution in [2.24, 2.45) is 11.8 Å². The van der Waals surface area contributed by atoms with Gasteiger partial charge in [-0.05, 0) is 25.3 Å². The second kappa shape index (κ2) is 8.92. The van der Waals surface area contributed by atoms with Gasteiger partial charge in [-0.3, -0.25) is 0 Å². The van der Waals surface area contributed by atoms with Crippen LogP contribution in [0.1, 0.15) is 58.8 Å². The normalized spacial score (nSPS) is 23.5. The molecule has 0 saturated carbocycles. The Hall–Kier alpha value is -1.24. The molecule has 2 aliphatic rings. The highest BCUT2D eigenvalue weighted by molar-refractivity contribution is 5.36. The average Bonchev–Trinajstić information content (AvgIpc) is 2.53. The van der Waals surface area contributed by atoms with Crippen LogP contribution in [-0.2, 0) is 4.74 Å². The molecular weight excluding hydrogens is 256 g/mol. The van der Waals surface area contributed by atoms with E-state index in [0.29, 0.717) is 11.8 Å². The standard InChI is InChI=1S/C20H30O/c1-3-5-7-8-11-17-14-15-20(21-16-6-4-2)19-13-10-9-12-18(17)19/h9-10,12-15,18-19H,3-8,11,16H2,1-2H3. The van der Waals surface area contributed by atoms with E-state index < -0.39 is 0 Å². The number of hydrogen-bond donors (Lipinski definition) is 0. The summed E-state index contributed by atoms with van der Waals surface area (Å²) in [5.74, 6) is 2.11. The minimum Gasteiger partial charge on any atom is -0.497 e. The van der Waals surface area contributed by atoms with Gasteiger partial charge in [-0.2, -0.15) is 0 Å². The third-order valence-corrected chi connectivity index (χ3v) is 4.44. The van der Waals surface area contributed by atoms with Crippen LogP contribution in [0.5, 0.6) is 0 Å². The van der Waals surface area contributed by atoms with E-state index in [0.717, 1.165) is 18.8 Å². The molecule has 0 spiro atoms. The highest BCUT2D eigenvalue weighted by atomic mass is 16.5. The largest absolute Gasteiger partial charge is 0.497 e. The van der Waals surface area contributed by atoms with Gasteiger partial charge in [-0.25, -0.2) is 0 Å². The molecular formula is C20H30O. The first-order chi connectivity index (χ1) is 10.4. The topological polar surface area (TPSA) is 9.23 Å². The number of fused-ring (bicyclic) bond motifs is 1. The van der Waals surface area contributed by atoms with Crippen molar-refractivity contribution in [1.82, 2.24) is 0 Å². The minimum atomic E-state index is 0.429. The van der Waals surface area contributed by atoms with Crippen molar-refractivity contribution >= 4 is 0 Å². The molecule has 0 bridgehead atoms. The molecule has 2 aliphatic carbocycles. The van der Waals surface area contributed by atoms with Crippen LogP contribution in [0.3, 0.4) is 0 Å². The number of allylic oxidation sites excluding steroid dienone is 7. The summed E-state index contributed by atoms with van der Waals surface area (Å²) in [5.41, 5.74) is 1.58. The van der Waals surface area contributed by atoms with Crippen molar-refractivity contribution < 1.29 is 4.74 Å². The SMILES string of the molecule is CCCCCCC1=CC=C(OCCCC)C2C=CC=CC12. The first-order valence-corrected chi connectivity index (χ1v) is 8.75. The number of ether oxygens (including phenoxy) is 1. The van der Waals surface area contributed by atoms with E-state index in [1.807, 2.05) is 0 Å². The monoisotopic (exact) mass is 286 g/mol. The fourth-order valence-electron chi connectivity index (χ4n) is 3.13. The van der Waals surface area contributed by atoms with Crippen LogP contribution in [0, 0.1) is 11.8 Å². The van der Waals surface area contributed by atoms with Crippen molar-refractivity contribution in [3.8, 4) is 0 Å². The zero-order valence-electron chi connectivity index (χ0n) is 13.7. The summed E-state index contributed by atoms with van der Waals surface area (Å²) in [5, 5.41) is 0. The lowest BCUT2D eigenvalue weighted by Gasteiger charge is -2.31. The molecule has 0 aliphatic heterocycles. The molecule has 0 saturated heterocycles. The summed E-state index contributed by atoms with van der Waals surface area (Å²) in [6.07, 6.45) is 22.5. The van der Waals surface area contributed by atoms with E-state index in [-0.39, 0.29) is 0 Å². The summed E-state index contributed by atoms with van der Waals surface area (Å²) < 4.78 is 6.02.